The minimum Gasteiger partial charge on any atom is -0.354 e. The number of benzene rings is 5. The van der Waals surface area contributed by atoms with E-state index in [1.54, 1.807) is 0 Å². The number of allylic oxidation sites excluding steroid dienone is 1. The van der Waals surface area contributed by atoms with Gasteiger partial charge in [0.15, 0.2) is 0 Å². The molecule has 8 rings (SSSR count). The predicted molar refractivity (Wildman–Crippen MR) is 153 cm³/mol. The third-order valence-electron chi connectivity index (χ3n) is 7.81. The van der Waals surface area contributed by atoms with Crippen LogP contribution in [0.4, 0.5) is 11.4 Å². The molecular weight excluding hydrogens is 442 g/mol. The molecule has 1 nitrogen and oxygen atoms in total. The van der Waals surface area contributed by atoms with Gasteiger partial charge in [0.2, 0.25) is 0 Å². The largest absolute Gasteiger partial charge is 0.354 e. The molecule has 0 amide bonds. The Labute approximate surface area is 208 Å². The molecule has 1 unspecified atom stereocenters. The zero-order valence-corrected chi connectivity index (χ0v) is 20.2. The van der Waals surface area contributed by atoms with Gasteiger partial charge >= 0.3 is 0 Å². The van der Waals surface area contributed by atoms with Crippen molar-refractivity contribution < 1.29 is 0 Å². The fourth-order valence-electron chi connectivity index (χ4n) is 6.13. The van der Waals surface area contributed by atoms with Crippen LogP contribution in [-0.2, 0) is 0 Å². The minimum atomic E-state index is 0.595. The maximum absolute atomic E-state index is 3.74. The highest BCUT2D eigenvalue weighted by Gasteiger charge is 2.22. The van der Waals surface area contributed by atoms with Gasteiger partial charge in [0, 0.05) is 31.9 Å². The van der Waals surface area contributed by atoms with E-state index in [1.807, 2.05) is 11.3 Å². The first-order valence-electron chi connectivity index (χ1n) is 12.3. The molecule has 1 N–H and O–H groups in total. The quantitative estimate of drug-likeness (QED) is 0.254. The summed E-state index contributed by atoms with van der Waals surface area (Å²) in [5.74, 6) is 0.595. The molecule has 0 spiro atoms. The summed E-state index contributed by atoms with van der Waals surface area (Å²) in [5, 5.41) is 10.3. The second-order valence-electron chi connectivity index (χ2n) is 9.89. The average Bonchev–Trinajstić information content (AvgIpc) is 3.27. The third-order valence-corrected chi connectivity index (χ3v) is 8.94. The first kappa shape index (κ1) is 19.4. The van der Waals surface area contributed by atoms with Gasteiger partial charge in [-0.1, -0.05) is 73.7 Å². The van der Waals surface area contributed by atoms with Crippen LogP contribution < -0.4 is 5.32 Å². The lowest BCUT2D eigenvalue weighted by Gasteiger charge is -2.24. The Kier molecular flexibility index (Phi) is 3.92. The Morgan fingerprint density at radius 1 is 0.743 bits per heavy atom. The topological polar surface area (TPSA) is 12.0 Å². The van der Waals surface area contributed by atoms with Crippen molar-refractivity contribution in [2.45, 2.75) is 19.3 Å². The third kappa shape index (κ3) is 2.75. The van der Waals surface area contributed by atoms with Gasteiger partial charge < -0.3 is 5.32 Å². The van der Waals surface area contributed by atoms with Crippen molar-refractivity contribution in [2.75, 3.05) is 5.32 Å². The fraction of sp³-hybridized carbons (Fsp3) is 0.0909. The van der Waals surface area contributed by atoms with Crippen molar-refractivity contribution >= 4 is 60.4 Å². The summed E-state index contributed by atoms with van der Waals surface area (Å²) < 4.78 is 1.39. The zero-order chi connectivity index (χ0) is 23.1. The highest BCUT2D eigenvalue weighted by Crippen LogP contribution is 2.48. The van der Waals surface area contributed by atoms with Gasteiger partial charge in [0.25, 0.3) is 0 Å². The molecule has 1 aliphatic carbocycles. The standard InChI is InChI=1S/C33H23NS/c1-19-6-4-11-30-32(19)26-13-12-22(18-31(26)35-30)23-14-15-25-27-16-20-7-2-3-8-21(20)17-29(27)34-28-10-5-9-24(23)33(25)28/h2-5,7-19,34H,6H2,1H3. The molecule has 1 atom stereocenters. The van der Waals surface area contributed by atoms with Crippen molar-refractivity contribution in [1.82, 2.24) is 0 Å². The van der Waals surface area contributed by atoms with Crippen molar-refractivity contribution in [1.29, 1.82) is 0 Å². The van der Waals surface area contributed by atoms with Crippen molar-refractivity contribution in [3.63, 3.8) is 0 Å². The molecule has 0 fully saturated rings. The van der Waals surface area contributed by atoms with Crippen LogP contribution in [0.2, 0.25) is 0 Å². The monoisotopic (exact) mass is 465 g/mol. The molecular formula is C33H23NS. The fourth-order valence-corrected chi connectivity index (χ4v) is 7.43. The summed E-state index contributed by atoms with van der Waals surface area (Å²) in [5.41, 5.74) is 9.09. The van der Waals surface area contributed by atoms with E-state index in [4.69, 9.17) is 0 Å². The maximum Gasteiger partial charge on any atom is 0.0470 e. The molecule has 0 saturated carbocycles. The Bertz CT molecular complexity index is 1870. The van der Waals surface area contributed by atoms with Crippen molar-refractivity contribution in [2.24, 2.45) is 0 Å². The van der Waals surface area contributed by atoms with Crippen LogP contribution in [0, 0.1) is 0 Å². The van der Waals surface area contributed by atoms with E-state index in [-0.39, 0.29) is 0 Å². The van der Waals surface area contributed by atoms with Gasteiger partial charge in [-0.3, -0.25) is 0 Å². The molecule has 0 radical (unpaired) electrons. The molecule has 1 aromatic heterocycles. The summed E-state index contributed by atoms with van der Waals surface area (Å²) in [4.78, 5) is 1.43. The first-order valence-corrected chi connectivity index (χ1v) is 13.2. The Morgan fingerprint density at radius 2 is 1.60 bits per heavy atom. The van der Waals surface area contributed by atoms with E-state index in [1.165, 1.54) is 75.7 Å². The number of fused-ring (bicyclic) bond motifs is 6. The van der Waals surface area contributed by atoms with E-state index >= 15 is 0 Å². The lowest BCUT2D eigenvalue weighted by molar-refractivity contribution is 0.783. The maximum atomic E-state index is 3.74. The van der Waals surface area contributed by atoms with Crippen LogP contribution in [0.15, 0.2) is 91.0 Å². The van der Waals surface area contributed by atoms with Gasteiger partial charge in [0.1, 0.15) is 0 Å². The van der Waals surface area contributed by atoms with Crippen LogP contribution in [-0.4, -0.2) is 0 Å². The number of thiophene rings is 1. The molecule has 2 heteroatoms. The molecule has 5 aromatic carbocycles. The predicted octanol–water partition coefficient (Wildman–Crippen LogP) is 10.1. The second-order valence-corrected chi connectivity index (χ2v) is 11.0. The Hall–Kier alpha value is -3.88. The lowest BCUT2D eigenvalue weighted by atomic mass is 9.87. The highest BCUT2D eigenvalue weighted by atomic mass is 32.1. The van der Waals surface area contributed by atoms with Crippen LogP contribution in [0.25, 0.3) is 60.0 Å². The number of rotatable bonds is 1. The number of hydrogen-bond acceptors (Lipinski definition) is 2. The summed E-state index contributed by atoms with van der Waals surface area (Å²) in [6.45, 7) is 2.35. The highest BCUT2D eigenvalue weighted by molar-refractivity contribution is 7.20. The molecule has 2 heterocycles. The summed E-state index contributed by atoms with van der Waals surface area (Å²) in [6.07, 6.45) is 5.78. The lowest BCUT2D eigenvalue weighted by Crippen LogP contribution is -2.01. The Morgan fingerprint density at radius 3 is 2.51 bits per heavy atom. The van der Waals surface area contributed by atoms with E-state index in [0.717, 1.165) is 6.42 Å². The molecule has 35 heavy (non-hydrogen) atoms. The minimum absolute atomic E-state index is 0.595. The van der Waals surface area contributed by atoms with E-state index in [2.05, 4.69) is 109 Å². The SMILES string of the molecule is CC1CC=Cc2sc3cc(-c4ccc5c6c(cccc46)Nc4cc6ccccc6cc4-5)ccc3c21. The summed E-state index contributed by atoms with van der Waals surface area (Å²) in [6, 6.07) is 31.6. The van der Waals surface area contributed by atoms with E-state index < -0.39 is 0 Å². The summed E-state index contributed by atoms with van der Waals surface area (Å²) in [7, 11) is 0. The van der Waals surface area contributed by atoms with E-state index in [9.17, 15) is 0 Å². The van der Waals surface area contributed by atoms with Gasteiger partial charge in [0.05, 0.1) is 0 Å². The van der Waals surface area contributed by atoms with Crippen LogP contribution in [0.3, 0.4) is 0 Å². The van der Waals surface area contributed by atoms with Gasteiger partial charge in [-0.15, -0.1) is 11.3 Å². The van der Waals surface area contributed by atoms with Crippen LogP contribution in [0.1, 0.15) is 29.7 Å². The molecule has 0 bridgehead atoms. The molecule has 166 valence electrons. The number of anilines is 2. The van der Waals surface area contributed by atoms with E-state index in [0.29, 0.717) is 5.92 Å². The second kappa shape index (κ2) is 7.07. The van der Waals surface area contributed by atoms with Crippen LogP contribution >= 0.6 is 11.3 Å². The van der Waals surface area contributed by atoms with Crippen molar-refractivity contribution in [3.8, 4) is 22.3 Å². The van der Waals surface area contributed by atoms with Gasteiger partial charge in [-0.05, 0) is 86.5 Å². The van der Waals surface area contributed by atoms with Gasteiger partial charge in [-0.2, -0.15) is 0 Å². The summed E-state index contributed by atoms with van der Waals surface area (Å²) >= 11 is 1.93. The zero-order valence-electron chi connectivity index (χ0n) is 19.4. The van der Waals surface area contributed by atoms with Crippen molar-refractivity contribution in [3.05, 3.63) is 101 Å². The molecule has 6 aromatic rings. The first-order chi connectivity index (χ1) is 17.2. The molecule has 0 saturated heterocycles. The van der Waals surface area contributed by atoms with Crippen LogP contribution in [0.5, 0.6) is 0 Å². The normalized spacial score (nSPS) is 15.9. The average molecular weight is 466 g/mol. The van der Waals surface area contributed by atoms with Gasteiger partial charge in [-0.25, -0.2) is 0 Å². The number of hydrogen-bond donors (Lipinski definition) is 1. The molecule has 2 aliphatic rings. The Balaban J connectivity index is 1.35. The molecule has 1 aliphatic heterocycles. The number of nitrogens with one attached hydrogen (secondary N) is 1. The smallest absolute Gasteiger partial charge is 0.0470 e.